The number of aliphatic hydroxyl groups is 1. The molecular formula is C8H12O. The molecule has 1 heteroatoms. The third-order valence-electron chi connectivity index (χ3n) is 0.797. The first kappa shape index (κ1) is 8.26. The molecule has 0 heterocycles. The Morgan fingerprint density at radius 2 is 2.11 bits per heavy atom. The highest BCUT2D eigenvalue weighted by atomic mass is 16.3. The Bertz CT molecular complexity index is 152. The van der Waals surface area contributed by atoms with Gasteiger partial charge in [-0.1, -0.05) is 5.92 Å². The van der Waals surface area contributed by atoms with Crippen molar-refractivity contribution in [3.63, 3.8) is 0 Å². The van der Waals surface area contributed by atoms with E-state index < -0.39 is 5.60 Å². The van der Waals surface area contributed by atoms with Gasteiger partial charge in [-0.25, -0.2) is 0 Å². The Labute approximate surface area is 56.4 Å². The quantitative estimate of drug-likeness (QED) is 0.523. The minimum atomic E-state index is -0.781. The first-order valence-electron chi connectivity index (χ1n) is 2.84. The Morgan fingerprint density at radius 1 is 1.67 bits per heavy atom. The molecule has 0 atom stereocenters. The van der Waals surface area contributed by atoms with Crippen LogP contribution in [0.5, 0.6) is 0 Å². The molecule has 0 aliphatic carbocycles. The van der Waals surface area contributed by atoms with E-state index in [0.29, 0.717) is 0 Å². The van der Waals surface area contributed by atoms with Crippen LogP contribution in [0.1, 0.15) is 20.8 Å². The van der Waals surface area contributed by atoms with Crippen LogP contribution in [0.4, 0.5) is 0 Å². The Morgan fingerprint density at radius 3 is 2.22 bits per heavy atom. The van der Waals surface area contributed by atoms with Gasteiger partial charge in [0.1, 0.15) is 0 Å². The van der Waals surface area contributed by atoms with E-state index in [4.69, 9.17) is 11.5 Å². The Kier molecular flexibility index (Phi) is 2.48. The van der Waals surface area contributed by atoms with E-state index in [1.54, 1.807) is 26.8 Å². The molecule has 0 saturated carbocycles. The van der Waals surface area contributed by atoms with Crippen LogP contribution >= 0.6 is 0 Å². The summed E-state index contributed by atoms with van der Waals surface area (Å²) >= 11 is 0. The summed E-state index contributed by atoms with van der Waals surface area (Å²) in [6, 6.07) is 0. The molecule has 0 spiro atoms. The van der Waals surface area contributed by atoms with E-state index in [1.165, 1.54) is 0 Å². The van der Waals surface area contributed by atoms with Crippen LogP contribution in [-0.4, -0.2) is 10.7 Å². The fraction of sp³-hybridized carbons (Fsp3) is 0.500. The van der Waals surface area contributed by atoms with E-state index in [0.717, 1.165) is 5.57 Å². The molecule has 0 fully saturated rings. The van der Waals surface area contributed by atoms with Gasteiger partial charge in [-0.3, -0.25) is 0 Å². The van der Waals surface area contributed by atoms with Crippen LogP contribution in [0.3, 0.4) is 0 Å². The summed E-state index contributed by atoms with van der Waals surface area (Å²) in [7, 11) is 0. The van der Waals surface area contributed by atoms with Gasteiger partial charge in [0.25, 0.3) is 0 Å². The summed E-state index contributed by atoms with van der Waals surface area (Å²) in [5.74, 6) is 2.42. The predicted octanol–water partition coefficient (Wildman–Crippen LogP) is 1.34. The minimum absolute atomic E-state index is 0.766. The van der Waals surface area contributed by atoms with Crippen LogP contribution in [0.25, 0.3) is 0 Å². The highest BCUT2D eigenvalue weighted by Crippen LogP contribution is 2.05. The van der Waals surface area contributed by atoms with Crippen LogP contribution < -0.4 is 0 Å². The maximum absolute atomic E-state index is 9.15. The number of rotatable bonds is 1. The monoisotopic (exact) mass is 124 g/mol. The third kappa shape index (κ3) is 5.13. The van der Waals surface area contributed by atoms with Crippen molar-refractivity contribution in [1.29, 1.82) is 0 Å². The van der Waals surface area contributed by atoms with E-state index >= 15 is 0 Å². The van der Waals surface area contributed by atoms with Crippen molar-refractivity contribution in [2.24, 2.45) is 0 Å². The maximum atomic E-state index is 9.15. The highest BCUT2D eigenvalue weighted by molar-refractivity contribution is 5.24. The number of allylic oxidation sites excluding steroid dienone is 1. The smallest absolute Gasteiger partial charge is 0.0783 e. The largest absolute Gasteiger partial charge is 0.386 e. The van der Waals surface area contributed by atoms with Gasteiger partial charge in [0.05, 0.1) is 5.60 Å². The van der Waals surface area contributed by atoms with Gasteiger partial charge in [-0.15, -0.1) is 6.42 Å². The second kappa shape index (κ2) is 2.70. The Balaban J connectivity index is 4.17. The van der Waals surface area contributed by atoms with Crippen molar-refractivity contribution < 1.29 is 5.11 Å². The molecule has 0 bridgehead atoms. The second-order valence-corrected chi connectivity index (χ2v) is 2.63. The number of hydrogen-bond acceptors (Lipinski definition) is 1. The van der Waals surface area contributed by atoms with E-state index in [1.807, 2.05) is 0 Å². The molecule has 0 radical (unpaired) electrons. The topological polar surface area (TPSA) is 20.2 Å². The first-order chi connectivity index (χ1) is 3.95. The second-order valence-electron chi connectivity index (χ2n) is 2.63. The molecule has 0 aromatic heterocycles. The van der Waals surface area contributed by atoms with Crippen LogP contribution in [0.15, 0.2) is 11.6 Å². The average molecular weight is 124 g/mol. The van der Waals surface area contributed by atoms with Gasteiger partial charge >= 0.3 is 0 Å². The van der Waals surface area contributed by atoms with Crippen LogP contribution in [-0.2, 0) is 0 Å². The molecule has 0 aliphatic rings. The number of hydrogen-bond donors (Lipinski definition) is 1. The summed E-state index contributed by atoms with van der Waals surface area (Å²) in [4.78, 5) is 0. The molecule has 1 N–H and O–H groups in total. The Hall–Kier alpha value is -0.740. The van der Waals surface area contributed by atoms with Crippen molar-refractivity contribution in [3.8, 4) is 12.3 Å². The van der Waals surface area contributed by atoms with Gasteiger partial charge < -0.3 is 5.11 Å². The highest BCUT2D eigenvalue weighted by Gasteiger charge is 2.06. The fourth-order valence-electron chi connectivity index (χ4n) is 0.572. The fourth-order valence-corrected chi connectivity index (χ4v) is 0.572. The summed E-state index contributed by atoms with van der Waals surface area (Å²) in [5.41, 5.74) is -0.0151. The molecular weight excluding hydrogens is 112 g/mol. The van der Waals surface area contributed by atoms with Crippen molar-refractivity contribution in [3.05, 3.63) is 11.6 Å². The maximum Gasteiger partial charge on any atom is 0.0783 e. The average Bonchev–Trinajstić information content (AvgIpc) is 1.62. The molecule has 50 valence electrons. The lowest BCUT2D eigenvalue weighted by Gasteiger charge is -2.10. The number of terminal acetylenes is 1. The van der Waals surface area contributed by atoms with Crippen molar-refractivity contribution in [2.75, 3.05) is 0 Å². The van der Waals surface area contributed by atoms with Crippen molar-refractivity contribution in [2.45, 2.75) is 26.4 Å². The summed E-state index contributed by atoms with van der Waals surface area (Å²) in [6.45, 7) is 5.17. The van der Waals surface area contributed by atoms with Crippen LogP contribution in [0, 0.1) is 12.3 Å². The van der Waals surface area contributed by atoms with Crippen LogP contribution in [0.2, 0.25) is 0 Å². The zero-order chi connectivity index (χ0) is 7.49. The van der Waals surface area contributed by atoms with Gasteiger partial charge in [-0.05, 0) is 32.4 Å². The normalized spacial score (nSPS) is 13.0. The lowest BCUT2D eigenvalue weighted by molar-refractivity contribution is 0.132. The molecule has 0 aromatic rings. The summed E-state index contributed by atoms with van der Waals surface area (Å²) < 4.78 is 0. The molecule has 0 unspecified atom stereocenters. The summed E-state index contributed by atoms with van der Waals surface area (Å²) in [6.07, 6.45) is 6.70. The third-order valence-corrected chi connectivity index (χ3v) is 0.797. The molecule has 0 saturated heterocycles. The standard InChI is InChI=1S/C8H12O/c1-5-7(2)6-8(3,4)9/h1,6,9H,2-4H3/b7-6+. The molecule has 0 aromatic carbocycles. The summed E-state index contributed by atoms with van der Waals surface area (Å²) in [5, 5.41) is 9.15. The first-order valence-corrected chi connectivity index (χ1v) is 2.84. The minimum Gasteiger partial charge on any atom is -0.386 e. The van der Waals surface area contributed by atoms with E-state index in [2.05, 4.69) is 5.92 Å². The lowest BCUT2D eigenvalue weighted by Crippen LogP contribution is -2.14. The van der Waals surface area contributed by atoms with Gasteiger partial charge in [0, 0.05) is 0 Å². The zero-order valence-electron chi connectivity index (χ0n) is 6.10. The molecule has 0 amide bonds. The van der Waals surface area contributed by atoms with Gasteiger partial charge in [-0.2, -0.15) is 0 Å². The molecule has 0 aliphatic heterocycles. The molecule has 1 nitrogen and oxygen atoms in total. The van der Waals surface area contributed by atoms with E-state index in [-0.39, 0.29) is 0 Å². The lowest BCUT2D eigenvalue weighted by atomic mass is 10.1. The predicted molar refractivity (Wildman–Crippen MR) is 38.9 cm³/mol. The van der Waals surface area contributed by atoms with E-state index in [9.17, 15) is 0 Å². The van der Waals surface area contributed by atoms with Crippen molar-refractivity contribution >= 4 is 0 Å². The zero-order valence-corrected chi connectivity index (χ0v) is 6.10. The van der Waals surface area contributed by atoms with Gasteiger partial charge in [0.15, 0.2) is 0 Å². The van der Waals surface area contributed by atoms with Crippen molar-refractivity contribution in [1.82, 2.24) is 0 Å². The molecule has 0 rings (SSSR count). The molecule has 9 heavy (non-hydrogen) atoms. The SMILES string of the molecule is C#C/C(C)=C/C(C)(C)O. The van der Waals surface area contributed by atoms with Gasteiger partial charge in [0.2, 0.25) is 0 Å².